The van der Waals surface area contributed by atoms with E-state index in [1.54, 1.807) is 6.92 Å². The summed E-state index contributed by atoms with van der Waals surface area (Å²) in [5.41, 5.74) is -1.59. The molecule has 94 valence electrons. The van der Waals surface area contributed by atoms with Crippen LogP contribution in [0.1, 0.15) is 47.0 Å². The summed E-state index contributed by atoms with van der Waals surface area (Å²) in [6.07, 6.45) is 1.00. The van der Waals surface area contributed by atoms with Gasteiger partial charge in [-0.3, -0.25) is 4.79 Å². The molecule has 1 saturated carbocycles. The van der Waals surface area contributed by atoms with Crippen LogP contribution in [0, 0.1) is 5.92 Å². The Balaban J connectivity index is 2.67. The van der Waals surface area contributed by atoms with Gasteiger partial charge < -0.3 is 14.9 Å². The number of ether oxygens (including phenoxy) is 1. The number of carbonyl (C=O) groups excluding carboxylic acids is 1. The minimum Gasteiger partial charge on any atom is -0.460 e. The van der Waals surface area contributed by atoms with E-state index in [0.717, 1.165) is 6.42 Å². The maximum atomic E-state index is 11.0. The first kappa shape index (κ1) is 13.5. The molecule has 0 saturated heterocycles. The van der Waals surface area contributed by atoms with E-state index >= 15 is 0 Å². The zero-order valence-corrected chi connectivity index (χ0v) is 10.5. The van der Waals surface area contributed by atoms with Crippen LogP contribution < -0.4 is 0 Å². The summed E-state index contributed by atoms with van der Waals surface area (Å²) >= 11 is 0. The lowest BCUT2D eigenvalue weighted by Crippen LogP contribution is -2.49. The Kier molecular flexibility index (Phi) is 3.65. The molecule has 0 aliphatic heterocycles. The average Bonchev–Trinajstić information content (AvgIpc) is 2.07. The minimum atomic E-state index is -1.01. The van der Waals surface area contributed by atoms with Crippen molar-refractivity contribution in [3.05, 3.63) is 0 Å². The van der Waals surface area contributed by atoms with E-state index in [1.165, 1.54) is 6.92 Å². The Morgan fingerprint density at radius 2 is 2.06 bits per heavy atom. The Hall–Kier alpha value is -0.610. The first-order chi connectivity index (χ1) is 7.15. The van der Waals surface area contributed by atoms with Crippen molar-refractivity contribution in [1.82, 2.24) is 0 Å². The zero-order valence-electron chi connectivity index (χ0n) is 10.5. The number of carbonyl (C=O) groups is 1. The largest absolute Gasteiger partial charge is 0.460 e. The van der Waals surface area contributed by atoms with Crippen LogP contribution in [0.2, 0.25) is 0 Å². The molecule has 1 aliphatic rings. The van der Waals surface area contributed by atoms with Crippen LogP contribution in [-0.2, 0) is 9.53 Å². The molecule has 2 N–H and O–H groups in total. The van der Waals surface area contributed by atoms with Crippen molar-refractivity contribution >= 4 is 5.97 Å². The Labute approximate surface area is 96.6 Å². The fraction of sp³-hybridized carbons (Fsp3) is 0.917. The Morgan fingerprint density at radius 3 is 2.50 bits per heavy atom. The van der Waals surface area contributed by atoms with E-state index in [-0.39, 0.29) is 11.9 Å². The van der Waals surface area contributed by atoms with Gasteiger partial charge in [0.25, 0.3) is 0 Å². The molecule has 0 bridgehead atoms. The summed E-state index contributed by atoms with van der Waals surface area (Å²) in [5, 5.41) is 19.7. The van der Waals surface area contributed by atoms with Crippen LogP contribution in [0.15, 0.2) is 0 Å². The van der Waals surface area contributed by atoms with E-state index in [2.05, 4.69) is 0 Å². The van der Waals surface area contributed by atoms with Crippen molar-refractivity contribution < 1.29 is 19.7 Å². The van der Waals surface area contributed by atoms with E-state index in [1.807, 2.05) is 13.8 Å². The van der Waals surface area contributed by atoms with Crippen molar-refractivity contribution in [2.24, 2.45) is 5.92 Å². The second-order valence-corrected chi connectivity index (χ2v) is 5.54. The van der Waals surface area contributed by atoms with Gasteiger partial charge >= 0.3 is 5.97 Å². The highest BCUT2D eigenvalue weighted by Gasteiger charge is 2.43. The van der Waals surface area contributed by atoms with Crippen molar-refractivity contribution in [3.8, 4) is 0 Å². The highest BCUT2D eigenvalue weighted by molar-refractivity contribution is 5.66. The lowest BCUT2D eigenvalue weighted by Gasteiger charge is -2.43. The standard InChI is InChI=1S/C12H22O4/c1-8(13)16-11(2,3)9-5-6-12(4,15)10(14)7-9/h9-10,14-15H,5-7H2,1-4H3. The molecule has 4 nitrogen and oxygen atoms in total. The van der Waals surface area contributed by atoms with Gasteiger partial charge in [0.05, 0.1) is 11.7 Å². The number of aliphatic hydroxyl groups is 2. The number of aliphatic hydroxyl groups excluding tert-OH is 1. The van der Waals surface area contributed by atoms with Crippen molar-refractivity contribution in [1.29, 1.82) is 0 Å². The molecule has 0 spiro atoms. The van der Waals surface area contributed by atoms with Gasteiger partial charge in [0.1, 0.15) is 5.60 Å². The second-order valence-electron chi connectivity index (χ2n) is 5.54. The summed E-state index contributed by atoms with van der Waals surface area (Å²) in [6, 6.07) is 0. The molecule has 0 aromatic carbocycles. The molecule has 3 atom stereocenters. The van der Waals surface area contributed by atoms with Crippen LogP contribution in [-0.4, -0.2) is 33.5 Å². The Bertz CT molecular complexity index is 270. The third kappa shape index (κ3) is 2.95. The van der Waals surface area contributed by atoms with Crippen LogP contribution >= 0.6 is 0 Å². The van der Waals surface area contributed by atoms with Gasteiger partial charge in [-0.1, -0.05) is 0 Å². The lowest BCUT2D eigenvalue weighted by atomic mass is 9.72. The summed E-state index contributed by atoms with van der Waals surface area (Å²) in [4.78, 5) is 11.0. The quantitative estimate of drug-likeness (QED) is 0.700. The van der Waals surface area contributed by atoms with Crippen LogP contribution in [0.25, 0.3) is 0 Å². The molecule has 0 aromatic heterocycles. The smallest absolute Gasteiger partial charge is 0.303 e. The summed E-state index contributed by atoms with van der Waals surface area (Å²) in [5.74, 6) is -0.219. The van der Waals surface area contributed by atoms with Gasteiger partial charge in [-0.05, 0) is 40.0 Å². The molecule has 0 radical (unpaired) electrons. The predicted molar refractivity (Wildman–Crippen MR) is 59.8 cm³/mol. The zero-order chi connectivity index (χ0) is 12.6. The summed E-state index contributed by atoms with van der Waals surface area (Å²) in [6.45, 7) is 6.74. The van der Waals surface area contributed by atoms with Crippen LogP contribution in [0.3, 0.4) is 0 Å². The topological polar surface area (TPSA) is 66.8 Å². The fourth-order valence-corrected chi connectivity index (χ4v) is 2.36. The molecule has 3 unspecified atom stereocenters. The number of hydrogen-bond donors (Lipinski definition) is 2. The molecular formula is C12H22O4. The maximum Gasteiger partial charge on any atom is 0.303 e. The SMILES string of the molecule is CC(=O)OC(C)(C)C1CCC(C)(O)C(O)C1. The van der Waals surface area contributed by atoms with E-state index in [9.17, 15) is 15.0 Å². The van der Waals surface area contributed by atoms with E-state index in [0.29, 0.717) is 12.8 Å². The highest BCUT2D eigenvalue weighted by Crippen LogP contribution is 2.39. The molecule has 1 rings (SSSR count). The normalized spacial score (nSPS) is 35.9. The minimum absolute atomic E-state index is 0.0895. The maximum absolute atomic E-state index is 11.0. The van der Waals surface area contributed by atoms with Crippen molar-refractivity contribution in [2.75, 3.05) is 0 Å². The van der Waals surface area contributed by atoms with Gasteiger partial charge in [-0.25, -0.2) is 0 Å². The Morgan fingerprint density at radius 1 is 1.50 bits per heavy atom. The van der Waals surface area contributed by atoms with E-state index < -0.39 is 17.3 Å². The molecule has 4 heteroatoms. The van der Waals surface area contributed by atoms with E-state index in [4.69, 9.17) is 4.74 Å². The third-order valence-electron chi connectivity index (χ3n) is 3.61. The molecule has 0 heterocycles. The third-order valence-corrected chi connectivity index (χ3v) is 3.61. The average molecular weight is 230 g/mol. The van der Waals surface area contributed by atoms with Gasteiger partial charge in [-0.2, -0.15) is 0 Å². The van der Waals surface area contributed by atoms with Gasteiger partial charge in [0.2, 0.25) is 0 Å². The molecule has 16 heavy (non-hydrogen) atoms. The molecule has 0 aromatic rings. The predicted octanol–water partition coefficient (Wildman–Crippen LogP) is 1.24. The number of rotatable bonds is 2. The first-order valence-electron chi connectivity index (χ1n) is 5.75. The summed E-state index contributed by atoms with van der Waals surface area (Å²) < 4.78 is 5.26. The highest BCUT2D eigenvalue weighted by atomic mass is 16.6. The second kappa shape index (κ2) is 4.34. The number of hydrogen-bond acceptors (Lipinski definition) is 4. The summed E-state index contributed by atoms with van der Waals surface area (Å²) in [7, 11) is 0. The fourth-order valence-electron chi connectivity index (χ4n) is 2.36. The lowest BCUT2D eigenvalue weighted by molar-refractivity contribution is -0.169. The van der Waals surface area contributed by atoms with Crippen LogP contribution in [0.4, 0.5) is 0 Å². The molecule has 1 aliphatic carbocycles. The van der Waals surface area contributed by atoms with Crippen molar-refractivity contribution in [2.45, 2.75) is 64.3 Å². The van der Waals surface area contributed by atoms with Crippen molar-refractivity contribution in [3.63, 3.8) is 0 Å². The molecular weight excluding hydrogens is 208 g/mol. The molecule has 1 fully saturated rings. The van der Waals surface area contributed by atoms with Gasteiger partial charge in [0, 0.05) is 12.8 Å². The monoisotopic (exact) mass is 230 g/mol. The van der Waals surface area contributed by atoms with Gasteiger partial charge in [0.15, 0.2) is 0 Å². The van der Waals surface area contributed by atoms with Gasteiger partial charge in [-0.15, -0.1) is 0 Å². The number of esters is 1. The molecule has 0 amide bonds. The van der Waals surface area contributed by atoms with Crippen LogP contribution in [0.5, 0.6) is 0 Å². The first-order valence-corrected chi connectivity index (χ1v) is 5.75.